The first-order chi connectivity index (χ1) is 11.6. The van der Waals surface area contributed by atoms with Crippen LogP contribution in [-0.2, 0) is 9.59 Å². The average molecular weight is 330 g/mol. The van der Waals surface area contributed by atoms with Gasteiger partial charge < -0.3 is 20.1 Å². The Labute approximate surface area is 141 Å². The molecule has 24 heavy (non-hydrogen) atoms. The van der Waals surface area contributed by atoms with Gasteiger partial charge in [0.1, 0.15) is 0 Å². The molecule has 1 aromatic carbocycles. The summed E-state index contributed by atoms with van der Waals surface area (Å²) in [7, 11) is 0. The third-order valence-electron chi connectivity index (χ3n) is 4.23. The normalized spacial score (nSPS) is 25.9. The van der Waals surface area contributed by atoms with Crippen LogP contribution in [0.25, 0.3) is 0 Å². The van der Waals surface area contributed by atoms with Crippen molar-refractivity contribution in [1.82, 2.24) is 10.6 Å². The molecule has 0 fully saturated rings. The van der Waals surface area contributed by atoms with Gasteiger partial charge in [-0.3, -0.25) is 9.59 Å². The summed E-state index contributed by atoms with van der Waals surface area (Å²) in [4.78, 5) is 24.2. The Bertz CT molecular complexity index is 656. The van der Waals surface area contributed by atoms with Gasteiger partial charge in [0.2, 0.25) is 18.6 Å². The van der Waals surface area contributed by atoms with Crippen LogP contribution in [0.15, 0.2) is 30.4 Å². The first-order valence-electron chi connectivity index (χ1n) is 8.25. The van der Waals surface area contributed by atoms with Gasteiger partial charge in [0.05, 0.1) is 6.04 Å². The van der Waals surface area contributed by atoms with E-state index in [9.17, 15) is 9.59 Å². The third kappa shape index (κ3) is 3.88. The lowest BCUT2D eigenvalue weighted by molar-refractivity contribution is -0.130. The molecular formula is C18H22N2O4. The molecule has 0 aliphatic carbocycles. The summed E-state index contributed by atoms with van der Waals surface area (Å²) < 4.78 is 10.8. The maximum absolute atomic E-state index is 12.4. The highest BCUT2D eigenvalue weighted by Gasteiger charge is 2.23. The second-order valence-corrected chi connectivity index (χ2v) is 6.12. The number of ether oxygens (including phenoxy) is 2. The van der Waals surface area contributed by atoms with E-state index in [4.69, 9.17) is 9.47 Å². The highest BCUT2D eigenvalue weighted by Crippen LogP contribution is 2.35. The highest BCUT2D eigenvalue weighted by atomic mass is 16.7. The molecule has 0 radical (unpaired) electrons. The van der Waals surface area contributed by atoms with E-state index in [1.165, 1.54) is 0 Å². The molecule has 2 N–H and O–H groups in total. The molecule has 2 atom stereocenters. The summed E-state index contributed by atoms with van der Waals surface area (Å²) in [5.74, 6) is 0.834. The lowest BCUT2D eigenvalue weighted by Crippen LogP contribution is -2.36. The van der Waals surface area contributed by atoms with Gasteiger partial charge in [0.25, 0.3) is 0 Å². The minimum atomic E-state index is -0.370. The van der Waals surface area contributed by atoms with Crippen LogP contribution in [0.4, 0.5) is 0 Å². The number of fused-ring (bicyclic) bond motifs is 1. The molecule has 0 aromatic heterocycles. The molecule has 2 amide bonds. The molecule has 0 saturated carbocycles. The van der Waals surface area contributed by atoms with Gasteiger partial charge in [0.15, 0.2) is 11.5 Å². The Morgan fingerprint density at radius 2 is 1.96 bits per heavy atom. The third-order valence-corrected chi connectivity index (χ3v) is 4.23. The van der Waals surface area contributed by atoms with Gasteiger partial charge in [-0.05, 0) is 30.5 Å². The molecule has 3 rings (SSSR count). The van der Waals surface area contributed by atoms with Crippen molar-refractivity contribution in [3.8, 4) is 11.5 Å². The van der Waals surface area contributed by atoms with Crippen molar-refractivity contribution in [1.29, 1.82) is 0 Å². The Hall–Kier alpha value is -2.50. The maximum atomic E-state index is 12.4. The predicted molar refractivity (Wildman–Crippen MR) is 88.6 cm³/mol. The summed E-state index contributed by atoms with van der Waals surface area (Å²) in [6.07, 6.45) is 5.72. The number of hydrogen-bond acceptors (Lipinski definition) is 4. The van der Waals surface area contributed by atoms with E-state index in [1.807, 2.05) is 30.4 Å². The molecule has 6 nitrogen and oxygen atoms in total. The Kier molecular flexibility index (Phi) is 5.03. The fourth-order valence-corrected chi connectivity index (χ4v) is 2.81. The topological polar surface area (TPSA) is 76.7 Å². The molecule has 128 valence electrons. The summed E-state index contributed by atoms with van der Waals surface area (Å²) in [5, 5.41) is 5.87. The minimum Gasteiger partial charge on any atom is -0.454 e. The maximum Gasteiger partial charge on any atom is 0.231 e. The quantitative estimate of drug-likeness (QED) is 0.773. The average Bonchev–Trinajstić information content (AvgIpc) is 3.03. The number of carbonyl (C=O) groups is 2. The van der Waals surface area contributed by atoms with E-state index >= 15 is 0 Å². The minimum absolute atomic E-state index is 0.0914. The smallest absolute Gasteiger partial charge is 0.231 e. The predicted octanol–water partition coefficient (Wildman–Crippen LogP) is 2.06. The van der Waals surface area contributed by atoms with E-state index in [0.717, 1.165) is 17.7 Å². The van der Waals surface area contributed by atoms with Gasteiger partial charge in [-0.15, -0.1) is 0 Å². The standard InChI is InChI=1S/C18H22N2O4/c1-12-9-17(21)19-8-4-2-3-5-14(20-18(12)22)13-6-7-15-16(10-13)24-11-23-15/h2-3,6-7,10,12,14H,4-5,8-9,11H2,1H3,(H,19,21)(H,20,22)/b3-2-/t12-,14+/m0/s1. The number of benzene rings is 1. The van der Waals surface area contributed by atoms with Crippen LogP contribution >= 0.6 is 0 Å². The number of carbonyl (C=O) groups excluding carboxylic acids is 2. The summed E-state index contributed by atoms with van der Waals surface area (Å²) in [6.45, 7) is 2.59. The molecule has 2 aliphatic heterocycles. The zero-order chi connectivity index (χ0) is 16.9. The first kappa shape index (κ1) is 16.4. The molecule has 1 aromatic rings. The van der Waals surface area contributed by atoms with Gasteiger partial charge in [0, 0.05) is 18.9 Å². The molecule has 0 saturated heterocycles. The van der Waals surface area contributed by atoms with E-state index in [-0.39, 0.29) is 37.0 Å². The number of rotatable bonds is 1. The zero-order valence-corrected chi connectivity index (χ0v) is 13.7. The largest absolute Gasteiger partial charge is 0.454 e. The van der Waals surface area contributed by atoms with Crippen molar-refractivity contribution >= 4 is 11.8 Å². The molecular weight excluding hydrogens is 308 g/mol. The van der Waals surface area contributed by atoms with Crippen LogP contribution < -0.4 is 20.1 Å². The van der Waals surface area contributed by atoms with Gasteiger partial charge in [-0.1, -0.05) is 25.1 Å². The summed E-state index contributed by atoms with van der Waals surface area (Å²) in [6, 6.07) is 5.55. The van der Waals surface area contributed by atoms with E-state index in [2.05, 4.69) is 10.6 Å². The summed E-state index contributed by atoms with van der Waals surface area (Å²) in [5.41, 5.74) is 0.964. The van der Waals surface area contributed by atoms with Crippen LogP contribution in [0.3, 0.4) is 0 Å². The Balaban J connectivity index is 1.80. The monoisotopic (exact) mass is 330 g/mol. The first-order valence-corrected chi connectivity index (χ1v) is 8.25. The molecule has 6 heteroatoms. The van der Waals surface area contributed by atoms with Crippen molar-refractivity contribution in [3.05, 3.63) is 35.9 Å². The van der Waals surface area contributed by atoms with Gasteiger partial charge in [-0.25, -0.2) is 0 Å². The van der Waals surface area contributed by atoms with Gasteiger partial charge in [-0.2, -0.15) is 0 Å². The Morgan fingerprint density at radius 1 is 1.12 bits per heavy atom. The molecule has 2 heterocycles. The van der Waals surface area contributed by atoms with Crippen molar-refractivity contribution in [3.63, 3.8) is 0 Å². The second-order valence-electron chi connectivity index (χ2n) is 6.12. The van der Waals surface area contributed by atoms with Gasteiger partial charge >= 0.3 is 0 Å². The molecule has 2 aliphatic rings. The van der Waals surface area contributed by atoms with E-state index < -0.39 is 0 Å². The van der Waals surface area contributed by atoms with Crippen molar-refractivity contribution in [2.24, 2.45) is 5.92 Å². The van der Waals surface area contributed by atoms with Crippen LogP contribution in [0.2, 0.25) is 0 Å². The van der Waals surface area contributed by atoms with Crippen LogP contribution in [0, 0.1) is 5.92 Å². The molecule has 0 bridgehead atoms. The summed E-state index contributed by atoms with van der Waals surface area (Å²) >= 11 is 0. The molecule has 0 unspecified atom stereocenters. The number of nitrogens with one attached hydrogen (secondary N) is 2. The van der Waals surface area contributed by atoms with Crippen molar-refractivity contribution in [2.45, 2.75) is 32.2 Å². The SMILES string of the molecule is C[C@H]1CC(=O)NCC/C=C\C[C@H](c2ccc3c(c2)OCO3)NC1=O. The zero-order valence-electron chi connectivity index (χ0n) is 13.7. The second kappa shape index (κ2) is 7.38. The fourth-order valence-electron chi connectivity index (χ4n) is 2.81. The van der Waals surface area contributed by atoms with Crippen molar-refractivity contribution < 1.29 is 19.1 Å². The van der Waals surface area contributed by atoms with E-state index in [0.29, 0.717) is 18.7 Å². The van der Waals surface area contributed by atoms with Crippen LogP contribution in [0.1, 0.15) is 37.8 Å². The lowest BCUT2D eigenvalue weighted by atomic mass is 10.00. The van der Waals surface area contributed by atoms with Crippen LogP contribution in [-0.4, -0.2) is 25.2 Å². The van der Waals surface area contributed by atoms with Crippen LogP contribution in [0.5, 0.6) is 11.5 Å². The highest BCUT2D eigenvalue weighted by molar-refractivity contribution is 5.85. The lowest BCUT2D eigenvalue weighted by Gasteiger charge is -2.21. The Morgan fingerprint density at radius 3 is 2.83 bits per heavy atom. The van der Waals surface area contributed by atoms with E-state index in [1.54, 1.807) is 6.92 Å². The number of amides is 2. The molecule has 0 spiro atoms. The number of hydrogen-bond donors (Lipinski definition) is 2. The van der Waals surface area contributed by atoms with Crippen molar-refractivity contribution in [2.75, 3.05) is 13.3 Å². The fraction of sp³-hybridized carbons (Fsp3) is 0.444.